The average Bonchev–Trinajstić information content (AvgIpc) is 2.26. The van der Waals surface area contributed by atoms with Gasteiger partial charge < -0.3 is 9.69 Å². The van der Waals surface area contributed by atoms with Gasteiger partial charge in [0.1, 0.15) is 6.29 Å². The molecule has 1 heterocycles. The quantitative estimate of drug-likeness (QED) is 0.691. The summed E-state index contributed by atoms with van der Waals surface area (Å²) in [6.07, 6.45) is 5.52. The molecule has 17 heavy (non-hydrogen) atoms. The summed E-state index contributed by atoms with van der Waals surface area (Å²) < 4.78 is 0. The zero-order valence-corrected chi connectivity index (χ0v) is 11.2. The fraction of sp³-hybridized carbons (Fsp3) is 0.857. The molecule has 1 amide bonds. The Labute approximate surface area is 104 Å². The van der Waals surface area contributed by atoms with Gasteiger partial charge in [-0.15, -0.1) is 0 Å². The molecule has 3 heteroatoms. The van der Waals surface area contributed by atoms with Crippen molar-refractivity contribution < 1.29 is 9.59 Å². The molecular formula is C14H23NO2. The van der Waals surface area contributed by atoms with Crippen molar-refractivity contribution in [1.82, 2.24) is 4.90 Å². The molecule has 1 saturated heterocycles. The van der Waals surface area contributed by atoms with E-state index in [4.69, 9.17) is 0 Å². The zero-order valence-electron chi connectivity index (χ0n) is 11.2. The summed E-state index contributed by atoms with van der Waals surface area (Å²) >= 11 is 0. The Hall–Kier alpha value is -0.860. The number of amides is 1. The third-order valence-corrected chi connectivity index (χ3v) is 5.18. The third-order valence-electron chi connectivity index (χ3n) is 5.18. The van der Waals surface area contributed by atoms with Crippen LogP contribution in [0.4, 0.5) is 0 Å². The fourth-order valence-corrected chi connectivity index (χ4v) is 4.16. The van der Waals surface area contributed by atoms with Crippen LogP contribution in [0.3, 0.4) is 0 Å². The monoisotopic (exact) mass is 237 g/mol. The molecular weight excluding hydrogens is 214 g/mol. The second-order valence-electron chi connectivity index (χ2n) is 6.21. The van der Waals surface area contributed by atoms with Crippen LogP contribution in [-0.4, -0.2) is 30.2 Å². The Morgan fingerprint density at radius 2 is 2.12 bits per heavy atom. The number of carbonyl (C=O) groups excluding carboxylic acids is 2. The summed E-state index contributed by atoms with van der Waals surface area (Å²) in [5.74, 6) is 0.282. The van der Waals surface area contributed by atoms with Crippen molar-refractivity contribution in [2.45, 2.75) is 46.5 Å². The van der Waals surface area contributed by atoms with E-state index in [2.05, 4.69) is 13.8 Å². The summed E-state index contributed by atoms with van der Waals surface area (Å²) in [5, 5.41) is 0. The molecule has 96 valence electrons. The van der Waals surface area contributed by atoms with Gasteiger partial charge in [-0.2, -0.15) is 0 Å². The Bertz CT molecular complexity index is 341. The molecule has 1 saturated carbocycles. The molecule has 0 radical (unpaired) electrons. The number of carbonyl (C=O) groups is 2. The molecule has 3 nitrogen and oxygen atoms in total. The molecule has 1 aliphatic carbocycles. The van der Waals surface area contributed by atoms with E-state index >= 15 is 0 Å². The largest absolute Gasteiger partial charge is 0.342 e. The van der Waals surface area contributed by atoms with E-state index in [0.717, 1.165) is 32.4 Å². The molecule has 0 spiro atoms. The standard InChI is InChI=1S/C14H23NO2/c1-4-14-7-5-6-13(3,12(14)8-16)9-15(10-14)11(2)17/h8,12H,4-7,9-10H2,1-3H3/t12-,13?,14?/m1/s1. The molecule has 0 aromatic rings. The van der Waals surface area contributed by atoms with Gasteiger partial charge in [0.15, 0.2) is 0 Å². The molecule has 1 aliphatic heterocycles. The number of hydrogen-bond acceptors (Lipinski definition) is 2. The first-order chi connectivity index (χ1) is 7.97. The third kappa shape index (κ3) is 1.80. The van der Waals surface area contributed by atoms with Crippen LogP contribution in [0.1, 0.15) is 46.5 Å². The summed E-state index contributed by atoms with van der Waals surface area (Å²) in [6.45, 7) is 7.52. The Morgan fingerprint density at radius 3 is 2.65 bits per heavy atom. The Balaban J connectivity index is 2.38. The lowest BCUT2D eigenvalue weighted by atomic mass is 9.52. The van der Waals surface area contributed by atoms with Crippen molar-refractivity contribution in [1.29, 1.82) is 0 Å². The summed E-state index contributed by atoms with van der Waals surface area (Å²) in [7, 11) is 0. The minimum atomic E-state index is -0.0000694. The maximum absolute atomic E-state index is 11.7. The molecule has 3 atom stereocenters. The Morgan fingerprint density at radius 1 is 1.41 bits per heavy atom. The average molecular weight is 237 g/mol. The first-order valence-electron chi connectivity index (χ1n) is 6.68. The number of fused-ring (bicyclic) bond motifs is 2. The van der Waals surface area contributed by atoms with Gasteiger partial charge in [0, 0.05) is 25.9 Å². The highest BCUT2D eigenvalue weighted by Gasteiger charge is 2.55. The van der Waals surface area contributed by atoms with Crippen LogP contribution in [0.2, 0.25) is 0 Å². The van der Waals surface area contributed by atoms with Crippen LogP contribution in [0, 0.1) is 16.7 Å². The molecule has 2 aliphatic rings. The maximum atomic E-state index is 11.7. The summed E-state index contributed by atoms with van der Waals surface area (Å²) in [5.41, 5.74) is 0.0403. The molecule has 2 rings (SSSR count). The van der Waals surface area contributed by atoms with E-state index in [9.17, 15) is 9.59 Å². The van der Waals surface area contributed by atoms with E-state index in [1.807, 2.05) is 4.90 Å². The van der Waals surface area contributed by atoms with Crippen molar-refractivity contribution in [3.63, 3.8) is 0 Å². The molecule has 2 fully saturated rings. The second-order valence-corrected chi connectivity index (χ2v) is 6.21. The maximum Gasteiger partial charge on any atom is 0.219 e. The molecule has 2 unspecified atom stereocenters. The second kappa shape index (κ2) is 4.11. The fourth-order valence-electron chi connectivity index (χ4n) is 4.16. The normalized spacial score (nSPS) is 41.1. The van der Waals surface area contributed by atoms with Gasteiger partial charge in [-0.05, 0) is 30.1 Å². The smallest absolute Gasteiger partial charge is 0.219 e. The van der Waals surface area contributed by atoms with Crippen LogP contribution < -0.4 is 0 Å². The number of likely N-dealkylation sites (tertiary alicyclic amines) is 1. The Kier molecular flexibility index (Phi) is 3.04. The van der Waals surface area contributed by atoms with E-state index in [1.165, 1.54) is 12.7 Å². The molecule has 0 aromatic heterocycles. The number of piperidine rings is 1. The lowest BCUT2D eigenvalue weighted by Gasteiger charge is -2.58. The van der Waals surface area contributed by atoms with Crippen LogP contribution in [-0.2, 0) is 9.59 Å². The highest BCUT2D eigenvalue weighted by Crippen LogP contribution is 2.55. The van der Waals surface area contributed by atoms with Crippen molar-refractivity contribution >= 4 is 12.2 Å². The predicted octanol–water partition coefficient (Wildman–Crippen LogP) is 2.25. The van der Waals surface area contributed by atoms with Gasteiger partial charge in [-0.25, -0.2) is 0 Å². The molecule has 2 bridgehead atoms. The first kappa shape index (κ1) is 12.6. The number of nitrogens with zero attached hydrogens (tertiary/aromatic N) is 1. The highest BCUT2D eigenvalue weighted by molar-refractivity contribution is 5.74. The van der Waals surface area contributed by atoms with Crippen molar-refractivity contribution in [2.24, 2.45) is 16.7 Å². The lowest BCUT2D eigenvalue weighted by Crippen LogP contribution is -2.61. The van der Waals surface area contributed by atoms with E-state index < -0.39 is 0 Å². The predicted molar refractivity (Wildman–Crippen MR) is 66.5 cm³/mol. The molecule has 0 aromatic carbocycles. The van der Waals surface area contributed by atoms with Crippen LogP contribution in [0.25, 0.3) is 0 Å². The van der Waals surface area contributed by atoms with Crippen molar-refractivity contribution in [2.75, 3.05) is 13.1 Å². The van der Waals surface area contributed by atoms with Gasteiger partial charge in [-0.3, -0.25) is 4.79 Å². The van der Waals surface area contributed by atoms with Gasteiger partial charge >= 0.3 is 0 Å². The van der Waals surface area contributed by atoms with Crippen LogP contribution >= 0.6 is 0 Å². The zero-order chi connectivity index (χ0) is 12.7. The first-order valence-corrected chi connectivity index (χ1v) is 6.68. The summed E-state index contributed by atoms with van der Waals surface area (Å²) in [4.78, 5) is 25.1. The van der Waals surface area contributed by atoms with E-state index in [-0.39, 0.29) is 22.7 Å². The number of hydrogen-bond donors (Lipinski definition) is 0. The van der Waals surface area contributed by atoms with Crippen LogP contribution in [0.15, 0.2) is 0 Å². The van der Waals surface area contributed by atoms with Gasteiger partial charge in [0.2, 0.25) is 5.91 Å². The minimum Gasteiger partial charge on any atom is -0.342 e. The SMILES string of the molecule is CCC12CCCC(C)(CN(C(C)=O)C1)[C@H]2C=O. The molecule has 0 N–H and O–H groups in total. The highest BCUT2D eigenvalue weighted by atomic mass is 16.2. The van der Waals surface area contributed by atoms with E-state index in [1.54, 1.807) is 6.92 Å². The van der Waals surface area contributed by atoms with Gasteiger partial charge in [-0.1, -0.05) is 20.3 Å². The number of rotatable bonds is 2. The van der Waals surface area contributed by atoms with Gasteiger partial charge in [0.05, 0.1) is 0 Å². The topological polar surface area (TPSA) is 37.4 Å². The van der Waals surface area contributed by atoms with Gasteiger partial charge in [0.25, 0.3) is 0 Å². The lowest BCUT2D eigenvalue weighted by molar-refractivity contribution is -0.156. The van der Waals surface area contributed by atoms with Crippen LogP contribution in [0.5, 0.6) is 0 Å². The van der Waals surface area contributed by atoms with Crippen molar-refractivity contribution in [3.05, 3.63) is 0 Å². The van der Waals surface area contributed by atoms with E-state index in [0.29, 0.717) is 0 Å². The minimum absolute atomic E-state index is 0.0000694. The van der Waals surface area contributed by atoms with Crippen molar-refractivity contribution in [3.8, 4) is 0 Å². The summed E-state index contributed by atoms with van der Waals surface area (Å²) in [6, 6.07) is 0. The number of aldehydes is 1.